The zero-order valence-electron chi connectivity index (χ0n) is 11.2. The summed E-state index contributed by atoms with van der Waals surface area (Å²) in [5.41, 5.74) is 7.68. The van der Waals surface area contributed by atoms with E-state index in [1.54, 1.807) is 25.2 Å². The molecule has 1 aromatic carbocycles. The van der Waals surface area contributed by atoms with Crippen molar-refractivity contribution in [2.45, 2.75) is 13.0 Å². The highest BCUT2D eigenvalue weighted by Gasteiger charge is 2.14. The molecule has 2 aromatic rings. The van der Waals surface area contributed by atoms with Gasteiger partial charge in [0.15, 0.2) is 0 Å². The molecule has 4 N–H and O–H groups in total. The number of carbonyl (C=O) groups is 1. The lowest BCUT2D eigenvalue weighted by atomic mass is 10.1. The number of hydrogen-bond acceptors (Lipinski definition) is 4. The summed E-state index contributed by atoms with van der Waals surface area (Å²) in [6, 6.07) is 9.05. The van der Waals surface area contributed by atoms with Crippen LogP contribution in [-0.4, -0.2) is 13.0 Å². The molecule has 0 bridgehead atoms. The van der Waals surface area contributed by atoms with Crippen LogP contribution < -0.4 is 16.4 Å². The Morgan fingerprint density at radius 2 is 2.10 bits per heavy atom. The summed E-state index contributed by atoms with van der Waals surface area (Å²) in [5, 5.41) is 5.93. The number of anilines is 2. The first-order valence-electron chi connectivity index (χ1n) is 6.14. The minimum atomic E-state index is -0.149. The molecule has 0 aliphatic heterocycles. The first-order valence-corrected chi connectivity index (χ1v) is 7.34. The first kappa shape index (κ1) is 14.7. The Labute approximate surface area is 126 Å². The summed E-state index contributed by atoms with van der Waals surface area (Å²) in [6.45, 7) is 2.01. The average molecular weight is 310 g/mol. The van der Waals surface area contributed by atoms with Gasteiger partial charge in [0.25, 0.3) is 5.91 Å². The lowest BCUT2D eigenvalue weighted by molar-refractivity contribution is 0.0964. The van der Waals surface area contributed by atoms with Gasteiger partial charge < -0.3 is 16.4 Å². The Hall–Kier alpha value is -1.72. The summed E-state index contributed by atoms with van der Waals surface area (Å²) in [7, 11) is 1.60. The van der Waals surface area contributed by atoms with E-state index in [-0.39, 0.29) is 11.9 Å². The van der Waals surface area contributed by atoms with Crippen molar-refractivity contribution >= 4 is 40.2 Å². The van der Waals surface area contributed by atoms with Gasteiger partial charge in [0.1, 0.15) is 0 Å². The minimum Gasteiger partial charge on any atom is -0.399 e. The van der Waals surface area contributed by atoms with Crippen molar-refractivity contribution in [1.29, 1.82) is 0 Å². The van der Waals surface area contributed by atoms with Crippen LogP contribution in [0.3, 0.4) is 0 Å². The standard InChI is InChI=1S/C14H16ClN3OS/c1-8(12-5-6-13(15)20-12)18-11-7-9(16)3-4-10(11)14(19)17-2/h3-8,18H,16H2,1-2H3,(H,17,19). The van der Waals surface area contributed by atoms with Gasteiger partial charge in [0.05, 0.1) is 15.9 Å². The van der Waals surface area contributed by atoms with Crippen LogP contribution in [0.25, 0.3) is 0 Å². The Bertz CT molecular complexity index is 627. The summed E-state index contributed by atoms with van der Waals surface area (Å²) >= 11 is 7.45. The number of nitrogens with one attached hydrogen (secondary N) is 2. The molecular weight excluding hydrogens is 294 g/mol. The van der Waals surface area contributed by atoms with Crippen LogP contribution in [0.2, 0.25) is 4.34 Å². The number of nitrogens with two attached hydrogens (primary N) is 1. The van der Waals surface area contributed by atoms with Crippen molar-refractivity contribution in [2.24, 2.45) is 0 Å². The van der Waals surface area contributed by atoms with Crippen LogP contribution in [0.4, 0.5) is 11.4 Å². The Kier molecular flexibility index (Phi) is 4.52. The quantitative estimate of drug-likeness (QED) is 0.757. The van der Waals surface area contributed by atoms with Crippen molar-refractivity contribution in [3.8, 4) is 0 Å². The van der Waals surface area contributed by atoms with Gasteiger partial charge in [-0.05, 0) is 37.3 Å². The molecule has 0 aliphatic carbocycles. The number of benzene rings is 1. The third kappa shape index (κ3) is 3.23. The highest BCUT2D eigenvalue weighted by atomic mass is 35.5. The van der Waals surface area contributed by atoms with Gasteiger partial charge in [-0.25, -0.2) is 0 Å². The van der Waals surface area contributed by atoms with Gasteiger partial charge in [-0.15, -0.1) is 11.3 Å². The zero-order valence-corrected chi connectivity index (χ0v) is 12.8. The predicted molar refractivity (Wildman–Crippen MR) is 85.6 cm³/mol. The highest BCUT2D eigenvalue weighted by Crippen LogP contribution is 2.30. The predicted octanol–water partition coefficient (Wildman–Crippen LogP) is 3.52. The number of rotatable bonds is 4. The van der Waals surface area contributed by atoms with Gasteiger partial charge in [-0.3, -0.25) is 4.79 Å². The number of nitrogen functional groups attached to an aromatic ring is 1. The number of halogens is 1. The van der Waals surface area contributed by atoms with Gasteiger partial charge in [0, 0.05) is 23.3 Å². The molecule has 2 rings (SSSR count). The molecular formula is C14H16ClN3OS. The third-order valence-corrected chi connectivity index (χ3v) is 4.32. The zero-order chi connectivity index (χ0) is 14.7. The fourth-order valence-corrected chi connectivity index (χ4v) is 2.94. The lowest BCUT2D eigenvalue weighted by Crippen LogP contribution is -2.20. The van der Waals surface area contributed by atoms with E-state index in [1.165, 1.54) is 11.3 Å². The molecule has 1 unspecified atom stereocenters. The van der Waals surface area contributed by atoms with Crippen LogP contribution in [-0.2, 0) is 0 Å². The molecule has 0 saturated carbocycles. The van der Waals surface area contributed by atoms with Crippen molar-refractivity contribution in [3.63, 3.8) is 0 Å². The van der Waals surface area contributed by atoms with E-state index in [4.69, 9.17) is 17.3 Å². The number of amides is 1. The molecule has 6 heteroatoms. The second-order valence-electron chi connectivity index (χ2n) is 4.39. The van der Waals surface area contributed by atoms with Crippen LogP contribution in [0.5, 0.6) is 0 Å². The van der Waals surface area contributed by atoms with Crippen molar-refractivity contribution in [1.82, 2.24) is 5.32 Å². The average Bonchev–Trinajstić information content (AvgIpc) is 2.85. The molecule has 106 valence electrons. The van der Waals surface area contributed by atoms with Crippen LogP contribution in [0.1, 0.15) is 28.2 Å². The summed E-state index contributed by atoms with van der Waals surface area (Å²) in [6.07, 6.45) is 0. The molecule has 4 nitrogen and oxygen atoms in total. The fourth-order valence-electron chi connectivity index (χ4n) is 1.88. The molecule has 0 spiro atoms. The maximum atomic E-state index is 11.9. The van der Waals surface area contributed by atoms with Crippen molar-refractivity contribution in [2.75, 3.05) is 18.1 Å². The van der Waals surface area contributed by atoms with E-state index in [1.807, 2.05) is 19.1 Å². The van der Waals surface area contributed by atoms with E-state index >= 15 is 0 Å². The molecule has 1 aromatic heterocycles. The molecule has 0 fully saturated rings. The smallest absolute Gasteiger partial charge is 0.253 e. The summed E-state index contributed by atoms with van der Waals surface area (Å²) < 4.78 is 0.743. The van der Waals surface area contributed by atoms with E-state index in [2.05, 4.69) is 10.6 Å². The van der Waals surface area contributed by atoms with Crippen molar-refractivity contribution in [3.05, 3.63) is 45.1 Å². The molecule has 20 heavy (non-hydrogen) atoms. The fraction of sp³-hybridized carbons (Fsp3) is 0.214. The normalized spacial score (nSPS) is 11.9. The van der Waals surface area contributed by atoms with E-state index < -0.39 is 0 Å². The second kappa shape index (κ2) is 6.15. The number of hydrogen-bond donors (Lipinski definition) is 3. The topological polar surface area (TPSA) is 67.2 Å². The van der Waals surface area contributed by atoms with Gasteiger partial charge in [-0.1, -0.05) is 11.6 Å². The number of thiophene rings is 1. The third-order valence-electron chi connectivity index (χ3n) is 2.91. The number of carbonyl (C=O) groups excluding carboxylic acids is 1. The molecule has 1 amide bonds. The maximum Gasteiger partial charge on any atom is 0.253 e. The lowest BCUT2D eigenvalue weighted by Gasteiger charge is -2.17. The Morgan fingerprint density at radius 1 is 1.35 bits per heavy atom. The largest absolute Gasteiger partial charge is 0.399 e. The van der Waals surface area contributed by atoms with Crippen LogP contribution >= 0.6 is 22.9 Å². The van der Waals surface area contributed by atoms with Crippen LogP contribution in [0, 0.1) is 0 Å². The first-order chi connectivity index (χ1) is 9.51. The van der Waals surface area contributed by atoms with Gasteiger partial charge in [0.2, 0.25) is 0 Å². The SMILES string of the molecule is CNC(=O)c1ccc(N)cc1NC(C)c1ccc(Cl)s1. The highest BCUT2D eigenvalue weighted by molar-refractivity contribution is 7.16. The van der Waals surface area contributed by atoms with Gasteiger partial charge >= 0.3 is 0 Å². The maximum absolute atomic E-state index is 11.9. The molecule has 1 atom stereocenters. The Morgan fingerprint density at radius 3 is 2.70 bits per heavy atom. The van der Waals surface area contributed by atoms with Gasteiger partial charge in [-0.2, -0.15) is 0 Å². The van der Waals surface area contributed by atoms with Crippen LogP contribution in [0.15, 0.2) is 30.3 Å². The Balaban J connectivity index is 2.28. The van der Waals surface area contributed by atoms with Crippen molar-refractivity contribution < 1.29 is 4.79 Å². The molecule has 1 heterocycles. The summed E-state index contributed by atoms with van der Waals surface area (Å²) in [5.74, 6) is -0.149. The molecule has 0 aliphatic rings. The van der Waals surface area contributed by atoms with E-state index in [0.29, 0.717) is 16.9 Å². The molecule has 0 saturated heterocycles. The van der Waals surface area contributed by atoms with E-state index in [9.17, 15) is 4.79 Å². The summed E-state index contributed by atoms with van der Waals surface area (Å²) in [4.78, 5) is 13.0. The molecule has 0 radical (unpaired) electrons. The monoisotopic (exact) mass is 309 g/mol. The van der Waals surface area contributed by atoms with E-state index in [0.717, 1.165) is 9.21 Å². The second-order valence-corrected chi connectivity index (χ2v) is 6.14. The minimum absolute atomic E-state index is 0.0395.